The molecule has 190 valence electrons. The van der Waals surface area contributed by atoms with E-state index in [1.54, 1.807) is 0 Å². The number of aryl methyl sites for hydroxylation is 2. The molecule has 0 saturated heterocycles. The maximum Gasteiger partial charge on any atom is 0.244 e. The number of hydrogen-bond acceptors (Lipinski definition) is 3. The van der Waals surface area contributed by atoms with Gasteiger partial charge in [-0.15, -0.1) is 0 Å². The van der Waals surface area contributed by atoms with Crippen LogP contribution >= 0.6 is 0 Å². The first-order valence-corrected chi connectivity index (χ1v) is 13.8. The SMILES string of the molecule is Cc1cc(C)c(C)c(S(=O)(=O)N2Cc3ccccc3CC2C(=O)Nc2ccc(C(C)(C)C)cc2)c1C. The van der Waals surface area contributed by atoms with Gasteiger partial charge in [-0.25, -0.2) is 8.42 Å². The Bertz CT molecular complexity index is 1390. The zero-order valence-corrected chi connectivity index (χ0v) is 23.1. The Balaban J connectivity index is 1.75. The second-order valence-corrected chi connectivity index (χ2v) is 12.8. The second-order valence-electron chi connectivity index (χ2n) is 10.9. The van der Waals surface area contributed by atoms with Crippen molar-refractivity contribution in [3.05, 3.63) is 93.5 Å². The van der Waals surface area contributed by atoms with Crippen molar-refractivity contribution >= 4 is 21.6 Å². The summed E-state index contributed by atoms with van der Waals surface area (Å²) < 4.78 is 29.8. The van der Waals surface area contributed by atoms with Crippen LogP contribution in [0.1, 0.15) is 59.7 Å². The lowest BCUT2D eigenvalue weighted by molar-refractivity contribution is -0.120. The number of nitrogens with zero attached hydrogens (tertiary/aromatic N) is 1. The van der Waals surface area contributed by atoms with Crippen LogP contribution in [0.4, 0.5) is 5.69 Å². The average molecular weight is 505 g/mol. The number of nitrogens with one attached hydrogen (secondary N) is 1. The summed E-state index contributed by atoms with van der Waals surface area (Å²) in [5, 5.41) is 2.98. The van der Waals surface area contributed by atoms with Gasteiger partial charge in [-0.05, 0) is 90.6 Å². The standard InChI is InChI=1S/C30H36N2O3S/c1-19-16-20(2)22(4)28(21(19)3)36(34,35)32-18-24-11-9-8-10-23(24)17-27(32)29(33)31-26-14-12-25(13-15-26)30(5,6)7/h8-16,27H,17-18H2,1-7H3,(H,31,33). The third kappa shape index (κ3) is 4.84. The summed E-state index contributed by atoms with van der Waals surface area (Å²) in [4.78, 5) is 13.9. The minimum atomic E-state index is -3.95. The maximum atomic E-state index is 14.2. The fourth-order valence-corrected chi connectivity index (χ4v) is 7.08. The number of hydrogen-bond donors (Lipinski definition) is 1. The van der Waals surface area contributed by atoms with Gasteiger partial charge in [0.05, 0.1) is 4.90 Å². The van der Waals surface area contributed by atoms with Crippen LogP contribution in [0.15, 0.2) is 59.5 Å². The molecule has 1 unspecified atom stereocenters. The monoisotopic (exact) mass is 504 g/mol. The van der Waals surface area contributed by atoms with Crippen molar-refractivity contribution in [2.24, 2.45) is 0 Å². The van der Waals surface area contributed by atoms with Crippen molar-refractivity contribution in [1.82, 2.24) is 4.31 Å². The van der Waals surface area contributed by atoms with Gasteiger partial charge in [0, 0.05) is 12.2 Å². The summed E-state index contributed by atoms with van der Waals surface area (Å²) in [5.74, 6) is -0.323. The van der Waals surface area contributed by atoms with Gasteiger partial charge in [0.2, 0.25) is 15.9 Å². The lowest BCUT2D eigenvalue weighted by atomic mass is 9.87. The zero-order chi connectivity index (χ0) is 26.4. The van der Waals surface area contributed by atoms with Gasteiger partial charge < -0.3 is 5.32 Å². The Morgan fingerprint density at radius 2 is 1.44 bits per heavy atom. The van der Waals surface area contributed by atoms with Crippen LogP contribution in [-0.2, 0) is 33.2 Å². The summed E-state index contributed by atoms with van der Waals surface area (Å²) in [7, 11) is -3.95. The molecular formula is C30H36N2O3S. The van der Waals surface area contributed by atoms with Crippen LogP contribution in [0, 0.1) is 27.7 Å². The van der Waals surface area contributed by atoms with Gasteiger partial charge in [0.15, 0.2) is 0 Å². The van der Waals surface area contributed by atoms with Crippen molar-refractivity contribution in [3.8, 4) is 0 Å². The van der Waals surface area contributed by atoms with E-state index < -0.39 is 16.1 Å². The van der Waals surface area contributed by atoms with Crippen LogP contribution in [0.25, 0.3) is 0 Å². The molecule has 6 heteroatoms. The van der Waals surface area contributed by atoms with E-state index in [-0.39, 0.29) is 17.9 Å². The first-order valence-electron chi connectivity index (χ1n) is 12.4. The van der Waals surface area contributed by atoms with Crippen LogP contribution in [0.3, 0.4) is 0 Å². The van der Waals surface area contributed by atoms with E-state index in [1.165, 1.54) is 4.31 Å². The van der Waals surface area contributed by atoms with E-state index in [0.29, 0.717) is 17.0 Å². The molecule has 1 aliphatic rings. The highest BCUT2D eigenvalue weighted by Gasteiger charge is 2.41. The van der Waals surface area contributed by atoms with Crippen molar-refractivity contribution in [1.29, 1.82) is 0 Å². The Hall–Kier alpha value is -2.96. The molecule has 36 heavy (non-hydrogen) atoms. The quantitative estimate of drug-likeness (QED) is 0.476. The minimum Gasteiger partial charge on any atom is -0.325 e. The number of carbonyl (C=O) groups is 1. The van der Waals surface area contributed by atoms with Crippen molar-refractivity contribution in [2.75, 3.05) is 5.32 Å². The topological polar surface area (TPSA) is 66.5 Å². The maximum absolute atomic E-state index is 14.2. The molecule has 0 saturated carbocycles. The molecule has 0 spiro atoms. The van der Waals surface area contributed by atoms with Crippen LogP contribution in [-0.4, -0.2) is 24.7 Å². The highest BCUT2D eigenvalue weighted by molar-refractivity contribution is 7.89. The number of carbonyl (C=O) groups excluding carboxylic acids is 1. The third-order valence-corrected chi connectivity index (χ3v) is 9.52. The first-order chi connectivity index (χ1) is 16.8. The van der Waals surface area contributed by atoms with Gasteiger partial charge in [0.1, 0.15) is 6.04 Å². The predicted octanol–water partition coefficient (Wildman–Crippen LogP) is 5.97. The van der Waals surface area contributed by atoms with E-state index in [4.69, 9.17) is 0 Å². The molecule has 3 aromatic carbocycles. The lowest BCUT2D eigenvalue weighted by Gasteiger charge is -2.36. The third-order valence-electron chi connectivity index (χ3n) is 7.39. The molecule has 1 N–H and O–H groups in total. The van der Waals surface area contributed by atoms with Gasteiger partial charge in [-0.2, -0.15) is 4.31 Å². The largest absolute Gasteiger partial charge is 0.325 e. The van der Waals surface area contributed by atoms with E-state index in [9.17, 15) is 13.2 Å². The second kappa shape index (κ2) is 9.49. The highest BCUT2D eigenvalue weighted by Crippen LogP contribution is 2.34. The fourth-order valence-electron chi connectivity index (χ4n) is 4.94. The van der Waals surface area contributed by atoms with Gasteiger partial charge in [0.25, 0.3) is 0 Å². The molecule has 0 aromatic heterocycles. The Morgan fingerprint density at radius 1 is 0.889 bits per heavy atom. The molecule has 5 nitrogen and oxygen atoms in total. The van der Waals surface area contributed by atoms with E-state index >= 15 is 0 Å². The van der Waals surface area contributed by atoms with Gasteiger partial charge in [-0.1, -0.05) is 63.2 Å². The smallest absolute Gasteiger partial charge is 0.244 e. The molecule has 1 aliphatic heterocycles. The summed E-state index contributed by atoms with van der Waals surface area (Å²) in [6.07, 6.45) is 0.324. The van der Waals surface area contributed by atoms with Crippen LogP contribution in [0.2, 0.25) is 0 Å². The number of anilines is 1. The van der Waals surface area contributed by atoms with E-state index in [0.717, 1.165) is 38.9 Å². The number of fused-ring (bicyclic) bond motifs is 1. The number of amides is 1. The predicted molar refractivity (Wildman–Crippen MR) is 146 cm³/mol. The highest BCUT2D eigenvalue weighted by atomic mass is 32.2. The molecule has 1 amide bonds. The lowest BCUT2D eigenvalue weighted by Crippen LogP contribution is -2.50. The molecule has 1 heterocycles. The minimum absolute atomic E-state index is 0.00214. The molecule has 4 rings (SSSR count). The van der Waals surface area contributed by atoms with Crippen molar-refractivity contribution in [2.45, 2.75) is 77.8 Å². The average Bonchev–Trinajstić information content (AvgIpc) is 2.81. The molecule has 0 aliphatic carbocycles. The first kappa shape index (κ1) is 26.1. The number of rotatable bonds is 4. The van der Waals surface area contributed by atoms with E-state index in [1.807, 2.05) is 82.3 Å². The van der Waals surface area contributed by atoms with Crippen LogP contribution < -0.4 is 5.32 Å². The van der Waals surface area contributed by atoms with Crippen molar-refractivity contribution < 1.29 is 13.2 Å². The van der Waals surface area contributed by atoms with Crippen molar-refractivity contribution in [3.63, 3.8) is 0 Å². The summed E-state index contributed by atoms with van der Waals surface area (Å²) >= 11 is 0. The molecule has 1 atom stereocenters. The molecule has 0 radical (unpaired) electrons. The summed E-state index contributed by atoms with van der Waals surface area (Å²) in [6.45, 7) is 14.1. The summed E-state index contributed by atoms with van der Waals surface area (Å²) in [6, 6.07) is 16.7. The molecule has 0 bridgehead atoms. The number of benzene rings is 3. The zero-order valence-electron chi connectivity index (χ0n) is 22.3. The Kier molecular flexibility index (Phi) is 6.88. The fraction of sp³-hybridized carbons (Fsp3) is 0.367. The Morgan fingerprint density at radius 3 is 2.00 bits per heavy atom. The van der Waals surface area contributed by atoms with E-state index in [2.05, 4.69) is 26.1 Å². The molecule has 3 aromatic rings. The normalized spacial score (nSPS) is 16.5. The molecule has 0 fully saturated rings. The van der Waals surface area contributed by atoms with Gasteiger partial charge in [-0.3, -0.25) is 4.79 Å². The number of sulfonamides is 1. The van der Waals surface area contributed by atoms with Gasteiger partial charge >= 0.3 is 0 Å². The molecular weight excluding hydrogens is 468 g/mol. The Labute approximate surface area is 215 Å². The van der Waals surface area contributed by atoms with Crippen LogP contribution in [0.5, 0.6) is 0 Å². The summed E-state index contributed by atoms with van der Waals surface area (Å²) in [5.41, 5.74) is 7.06.